The summed E-state index contributed by atoms with van der Waals surface area (Å²) < 4.78 is 7.02. The summed E-state index contributed by atoms with van der Waals surface area (Å²) in [6, 6.07) is 74.8. The minimum Gasteiger partial charge on any atom is -0.456 e. The van der Waals surface area contributed by atoms with Gasteiger partial charge in [-0.15, -0.1) is 0 Å². The van der Waals surface area contributed by atoms with Crippen LogP contribution in [0, 0.1) is 0 Å². The summed E-state index contributed by atoms with van der Waals surface area (Å²) >= 11 is 0. The zero-order valence-electron chi connectivity index (χ0n) is 31.0. The third-order valence-electron chi connectivity index (χ3n) is 12.0. The summed E-state index contributed by atoms with van der Waals surface area (Å²) in [5.74, 6) is 1.71. The van der Waals surface area contributed by atoms with Crippen molar-refractivity contribution < 1.29 is 4.42 Å². The van der Waals surface area contributed by atoms with E-state index in [4.69, 9.17) is 4.42 Å². The van der Waals surface area contributed by atoms with Crippen LogP contribution in [0.4, 0.5) is 0 Å². The molecule has 1 aliphatic rings. The van der Waals surface area contributed by atoms with Crippen LogP contribution in [0.2, 0.25) is 0 Å². The lowest BCUT2D eigenvalue weighted by molar-refractivity contribution is 0.599. The molecule has 0 amide bonds. The highest BCUT2D eigenvalue weighted by atomic mass is 16.3. The van der Waals surface area contributed by atoms with Gasteiger partial charge >= 0.3 is 0 Å². The first-order valence-corrected chi connectivity index (χ1v) is 19.7. The van der Waals surface area contributed by atoms with E-state index < -0.39 is 0 Å². The molecule has 0 fully saturated rings. The van der Waals surface area contributed by atoms with Crippen LogP contribution < -0.4 is 0 Å². The van der Waals surface area contributed by atoms with Gasteiger partial charge in [0.25, 0.3) is 0 Å². The van der Waals surface area contributed by atoms with Crippen molar-refractivity contribution in [2.24, 2.45) is 0 Å². The molecule has 57 heavy (non-hydrogen) atoms. The monoisotopic (exact) mass is 722 g/mol. The van der Waals surface area contributed by atoms with E-state index in [0.29, 0.717) is 0 Å². The van der Waals surface area contributed by atoms with Gasteiger partial charge in [-0.05, 0) is 117 Å². The van der Waals surface area contributed by atoms with Crippen LogP contribution in [0.1, 0.15) is 0 Å². The van der Waals surface area contributed by atoms with E-state index in [2.05, 4.69) is 206 Å². The van der Waals surface area contributed by atoms with Gasteiger partial charge < -0.3 is 4.42 Å². The molecule has 11 aromatic rings. The Balaban J connectivity index is 1.12. The Bertz CT molecular complexity index is 3310. The summed E-state index contributed by atoms with van der Waals surface area (Å²) in [4.78, 5) is 0. The van der Waals surface area contributed by atoms with Gasteiger partial charge in [-0.3, -0.25) is 0 Å². The summed E-state index contributed by atoms with van der Waals surface area (Å²) in [7, 11) is 0. The Morgan fingerprint density at radius 1 is 0.246 bits per heavy atom. The van der Waals surface area contributed by atoms with E-state index in [-0.39, 0.29) is 0 Å². The topological polar surface area (TPSA) is 13.1 Å². The van der Waals surface area contributed by atoms with E-state index in [1.165, 1.54) is 98.7 Å². The Labute approximate surface area is 330 Å². The highest BCUT2D eigenvalue weighted by Gasteiger charge is 2.30. The zero-order chi connectivity index (χ0) is 37.5. The lowest BCUT2D eigenvalue weighted by Gasteiger charge is -2.21. The number of hydrogen-bond acceptors (Lipinski definition) is 1. The highest BCUT2D eigenvalue weighted by molar-refractivity contribution is 6.28. The quantitative estimate of drug-likeness (QED) is 0.161. The molecule has 1 heterocycles. The zero-order valence-corrected chi connectivity index (χ0v) is 31.0. The number of furan rings is 1. The van der Waals surface area contributed by atoms with Gasteiger partial charge in [0.05, 0.1) is 0 Å². The van der Waals surface area contributed by atoms with Gasteiger partial charge in [0.1, 0.15) is 11.5 Å². The van der Waals surface area contributed by atoms with E-state index >= 15 is 0 Å². The third-order valence-corrected chi connectivity index (χ3v) is 12.0. The van der Waals surface area contributed by atoms with Gasteiger partial charge in [0.15, 0.2) is 0 Å². The van der Waals surface area contributed by atoms with Crippen LogP contribution in [0.15, 0.2) is 211 Å². The minimum atomic E-state index is 0.846. The molecule has 0 bridgehead atoms. The maximum Gasteiger partial charge on any atom is 0.136 e. The third kappa shape index (κ3) is 4.76. The van der Waals surface area contributed by atoms with Crippen molar-refractivity contribution in [1.29, 1.82) is 0 Å². The molecule has 1 aliphatic carbocycles. The number of hydrogen-bond donors (Lipinski definition) is 0. The van der Waals surface area contributed by atoms with Crippen molar-refractivity contribution in [2.75, 3.05) is 0 Å². The first-order chi connectivity index (χ1) is 28.3. The van der Waals surface area contributed by atoms with Gasteiger partial charge in [-0.25, -0.2) is 0 Å². The summed E-state index contributed by atoms with van der Waals surface area (Å²) in [5.41, 5.74) is 14.8. The molecule has 1 heteroatoms. The average Bonchev–Trinajstić information content (AvgIpc) is 3.90. The van der Waals surface area contributed by atoms with Crippen LogP contribution in [0.25, 0.3) is 121 Å². The second kappa shape index (κ2) is 12.5. The van der Waals surface area contributed by atoms with Crippen molar-refractivity contribution in [3.8, 4) is 78.3 Å². The van der Waals surface area contributed by atoms with Crippen LogP contribution >= 0.6 is 0 Å². The largest absolute Gasteiger partial charge is 0.456 e. The second-order valence-electron chi connectivity index (χ2n) is 15.1. The average molecular weight is 723 g/mol. The predicted molar refractivity (Wildman–Crippen MR) is 240 cm³/mol. The number of benzene rings is 10. The molecule has 264 valence electrons. The summed E-state index contributed by atoms with van der Waals surface area (Å²) in [6.45, 7) is 0. The molecule has 10 aromatic carbocycles. The second-order valence-corrected chi connectivity index (χ2v) is 15.1. The lowest BCUT2D eigenvalue weighted by Crippen LogP contribution is -1.94. The first-order valence-electron chi connectivity index (χ1n) is 19.7. The predicted octanol–water partition coefficient (Wildman–Crippen LogP) is 15.9. The number of fused-ring (bicyclic) bond motifs is 6. The molecular weight excluding hydrogens is 689 g/mol. The molecule has 1 nitrogen and oxygen atoms in total. The van der Waals surface area contributed by atoms with E-state index in [9.17, 15) is 0 Å². The van der Waals surface area contributed by atoms with Gasteiger partial charge in [-0.2, -0.15) is 0 Å². The summed E-state index contributed by atoms with van der Waals surface area (Å²) in [5, 5.41) is 9.82. The molecule has 0 saturated heterocycles. The lowest BCUT2D eigenvalue weighted by atomic mass is 9.82. The minimum absolute atomic E-state index is 0.846. The molecule has 0 saturated carbocycles. The van der Waals surface area contributed by atoms with Crippen molar-refractivity contribution in [3.63, 3.8) is 0 Å². The Morgan fingerprint density at radius 2 is 0.684 bits per heavy atom. The number of rotatable bonds is 5. The van der Waals surface area contributed by atoms with Crippen LogP contribution in [-0.4, -0.2) is 0 Å². The Morgan fingerprint density at radius 3 is 1.23 bits per heavy atom. The van der Waals surface area contributed by atoms with Crippen molar-refractivity contribution in [1.82, 2.24) is 0 Å². The fourth-order valence-electron chi connectivity index (χ4n) is 9.68. The molecule has 12 rings (SSSR count). The first kappa shape index (κ1) is 31.8. The maximum absolute atomic E-state index is 7.02. The molecule has 1 aromatic heterocycles. The van der Waals surface area contributed by atoms with Gasteiger partial charge in [-0.1, -0.05) is 188 Å². The van der Waals surface area contributed by atoms with E-state index in [1.807, 2.05) is 0 Å². The Kier molecular flexibility index (Phi) is 7.00. The molecule has 0 radical (unpaired) electrons. The molecule has 0 atom stereocenters. The van der Waals surface area contributed by atoms with Crippen LogP contribution in [0.5, 0.6) is 0 Å². The fraction of sp³-hybridized carbons (Fsp3) is 0. The molecular formula is C56H34O. The van der Waals surface area contributed by atoms with Crippen molar-refractivity contribution in [3.05, 3.63) is 206 Å². The standard InChI is InChI=1S/C56H34O/c1-4-16-35(17-5-1)50-40-24-10-12-26-42(40)54(43-27-13-11-25-41(43)50)49-33-32-48(57-49)39-30-31-44-47(34-39)53(38-20-8-3-9-21-38)56-46-29-15-23-36-22-14-28-45(51(36)46)55(56)52(44)37-18-6-2-7-19-37/h1-34H. The van der Waals surface area contributed by atoms with E-state index in [1.54, 1.807) is 0 Å². The normalized spacial score (nSPS) is 11.9. The van der Waals surface area contributed by atoms with Crippen molar-refractivity contribution >= 4 is 43.1 Å². The smallest absolute Gasteiger partial charge is 0.136 e. The highest BCUT2D eigenvalue weighted by Crippen LogP contribution is 2.58. The summed E-state index contributed by atoms with van der Waals surface area (Å²) in [6.07, 6.45) is 0. The molecule has 0 N–H and O–H groups in total. The molecule has 0 aliphatic heterocycles. The van der Waals surface area contributed by atoms with Crippen LogP contribution in [-0.2, 0) is 0 Å². The Hall–Kier alpha value is -7.48. The van der Waals surface area contributed by atoms with Gasteiger partial charge in [0.2, 0.25) is 0 Å². The van der Waals surface area contributed by atoms with Crippen LogP contribution in [0.3, 0.4) is 0 Å². The van der Waals surface area contributed by atoms with Crippen molar-refractivity contribution in [2.45, 2.75) is 0 Å². The van der Waals surface area contributed by atoms with E-state index in [0.717, 1.165) is 22.6 Å². The maximum atomic E-state index is 7.02. The SMILES string of the molecule is c1ccc(-c2c3c(c(-c4ccccc4)c4cc(-c5ccc(-c6c7ccccc7c(-c7ccccc7)c7ccccc67)o5)ccc24)-c2cccc4cccc-3c24)cc1. The molecule has 0 unspecified atom stereocenters. The molecule has 0 spiro atoms. The van der Waals surface area contributed by atoms with Gasteiger partial charge in [0, 0.05) is 11.1 Å². The fourth-order valence-corrected chi connectivity index (χ4v) is 9.68.